The molecule has 1 saturated heterocycles. The zero-order valence-corrected chi connectivity index (χ0v) is 16.6. The molecule has 2 aliphatic heterocycles. The number of anilines is 1. The summed E-state index contributed by atoms with van der Waals surface area (Å²) in [5, 5.41) is 21.4. The molecule has 0 saturated carbocycles. The van der Waals surface area contributed by atoms with Crippen molar-refractivity contribution in [3.05, 3.63) is 27.8 Å². The monoisotopic (exact) mass is 392 g/mol. The lowest BCUT2D eigenvalue weighted by Crippen LogP contribution is -2.69. The van der Waals surface area contributed by atoms with Crippen molar-refractivity contribution in [2.24, 2.45) is 0 Å². The van der Waals surface area contributed by atoms with Crippen molar-refractivity contribution < 1.29 is 28.8 Å². The van der Waals surface area contributed by atoms with E-state index >= 15 is 0 Å². The van der Waals surface area contributed by atoms with Gasteiger partial charge in [0.1, 0.15) is 5.54 Å². The number of amides is 2. The Morgan fingerprint density at radius 2 is 2.04 bits per heavy atom. The van der Waals surface area contributed by atoms with E-state index in [4.69, 9.17) is 4.74 Å². The van der Waals surface area contributed by atoms with Gasteiger partial charge >= 0.3 is 11.8 Å². The highest BCUT2D eigenvalue weighted by Crippen LogP contribution is 2.42. The van der Waals surface area contributed by atoms with Gasteiger partial charge in [0.05, 0.1) is 24.3 Å². The Hall–Kier alpha value is -2.68. The van der Waals surface area contributed by atoms with Crippen LogP contribution in [0, 0.1) is 10.1 Å². The van der Waals surface area contributed by atoms with Crippen LogP contribution in [-0.2, 0) is 11.2 Å². The number of rotatable bonds is 3. The van der Waals surface area contributed by atoms with Gasteiger partial charge in [0.2, 0.25) is 0 Å². The fourth-order valence-electron chi connectivity index (χ4n) is 4.66. The molecule has 0 bridgehead atoms. The fourth-order valence-corrected chi connectivity index (χ4v) is 4.66. The third-order valence-electron chi connectivity index (χ3n) is 6.08. The van der Waals surface area contributed by atoms with E-state index in [1.165, 1.54) is 18.1 Å². The van der Waals surface area contributed by atoms with Crippen LogP contribution in [0.2, 0.25) is 0 Å². The SMILES string of the molecule is COc1cc2c(cc1[N+](=O)[O-])N(C(=O)[C@@H]1CCC[N+]1(C(=O)O)C(C)(C)C)CC2. The molecule has 0 aromatic heterocycles. The van der Waals surface area contributed by atoms with Crippen LogP contribution >= 0.6 is 0 Å². The van der Waals surface area contributed by atoms with E-state index in [1.54, 1.807) is 6.07 Å². The summed E-state index contributed by atoms with van der Waals surface area (Å²) in [6, 6.07) is 2.24. The maximum Gasteiger partial charge on any atom is 0.514 e. The Morgan fingerprint density at radius 3 is 2.57 bits per heavy atom. The van der Waals surface area contributed by atoms with Gasteiger partial charge in [-0.15, -0.1) is 0 Å². The fraction of sp³-hybridized carbons (Fsp3) is 0.579. The van der Waals surface area contributed by atoms with Gasteiger partial charge in [0, 0.05) is 25.5 Å². The second-order valence-corrected chi connectivity index (χ2v) is 8.35. The van der Waals surface area contributed by atoms with Crippen LogP contribution in [0.1, 0.15) is 39.2 Å². The Balaban J connectivity index is 2.03. The van der Waals surface area contributed by atoms with E-state index in [-0.39, 0.29) is 21.8 Å². The van der Waals surface area contributed by atoms with Gasteiger partial charge in [-0.1, -0.05) is 0 Å². The lowest BCUT2D eigenvalue weighted by atomic mass is 9.99. The summed E-state index contributed by atoms with van der Waals surface area (Å²) >= 11 is 0. The summed E-state index contributed by atoms with van der Waals surface area (Å²) in [7, 11) is 1.37. The number of quaternary nitrogens is 1. The third-order valence-corrected chi connectivity index (χ3v) is 6.08. The highest BCUT2D eigenvalue weighted by atomic mass is 16.6. The minimum atomic E-state index is -1.01. The van der Waals surface area contributed by atoms with E-state index in [1.807, 2.05) is 20.8 Å². The molecule has 2 heterocycles. The van der Waals surface area contributed by atoms with Crippen molar-refractivity contribution in [1.82, 2.24) is 0 Å². The second-order valence-electron chi connectivity index (χ2n) is 8.35. The first kappa shape index (κ1) is 20.1. The normalized spacial score (nSPS) is 24.1. The van der Waals surface area contributed by atoms with Gasteiger partial charge in [-0.2, -0.15) is 4.79 Å². The molecule has 9 heteroatoms. The molecule has 3 rings (SSSR count). The Kier molecular flexibility index (Phi) is 4.82. The lowest BCUT2D eigenvalue weighted by Gasteiger charge is -2.44. The number of ether oxygens (including phenoxy) is 1. The van der Waals surface area contributed by atoms with Crippen molar-refractivity contribution in [1.29, 1.82) is 0 Å². The highest BCUT2D eigenvalue weighted by Gasteiger charge is 2.60. The van der Waals surface area contributed by atoms with E-state index < -0.39 is 22.6 Å². The van der Waals surface area contributed by atoms with Crippen LogP contribution < -0.4 is 9.64 Å². The molecule has 1 aromatic carbocycles. The summed E-state index contributed by atoms with van der Waals surface area (Å²) in [4.78, 5) is 38.1. The largest absolute Gasteiger partial charge is 0.514 e. The van der Waals surface area contributed by atoms with Gasteiger partial charge < -0.3 is 14.7 Å². The molecule has 1 N–H and O–H groups in total. The standard InChI is InChI=1S/C19H25N3O6/c1-19(2,3)22(18(24)25)9-5-6-15(22)17(23)20-8-7-12-10-16(28-4)14(21(26)27)11-13(12)20/h10-11,15H,5-9H2,1-4H3/p+1/t15-,22?/m0/s1. The maximum atomic E-state index is 13.5. The Bertz CT molecular complexity index is 847. The molecule has 152 valence electrons. The molecule has 1 fully saturated rings. The number of hydrogen-bond donors (Lipinski definition) is 1. The zero-order valence-electron chi connectivity index (χ0n) is 16.6. The van der Waals surface area contributed by atoms with Gasteiger partial charge in [0.25, 0.3) is 5.91 Å². The van der Waals surface area contributed by atoms with Gasteiger partial charge in [-0.25, -0.2) is 4.48 Å². The summed E-state index contributed by atoms with van der Waals surface area (Å²) in [5.74, 6) is -0.127. The number of fused-ring (bicyclic) bond motifs is 1. The Morgan fingerprint density at radius 1 is 1.36 bits per heavy atom. The average Bonchev–Trinajstić information content (AvgIpc) is 3.24. The molecular weight excluding hydrogens is 366 g/mol. The first-order valence-corrected chi connectivity index (χ1v) is 9.32. The van der Waals surface area contributed by atoms with Crippen LogP contribution in [0.3, 0.4) is 0 Å². The molecule has 0 radical (unpaired) electrons. The van der Waals surface area contributed by atoms with E-state index in [9.17, 15) is 24.8 Å². The number of nitrogens with zero attached hydrogens (tertiary/aromatic N) is 3. The second kappa shape index (κ2) is 6.73. The molecule has 2 amide bonds. The summed E-state index contributed by atoms with van der Waals surface area (Å²) < 4.78 is 4.79. The molecule has 28 heavy (non-hydrogen) atoms. The number of methoxy groups -OCH3 is 1. The molecular formula is C19H26N3O6+. The summed E-state index contributed by atoms with van der Waals surface area (Å²) in [6.45, 7) is 6.26. The molecule has 9 nitrogen and oxygen atoms in total. The van der Waals surface area contributed by atoms with Crippen molar-refractivity contribution in [3.8, 4) is 5.75 Å². The van der Waals surface area contributed by atoms with E-state index in [0.29, 0.717) is 38.0 Å². The molecule has 2 atom stereocenters. The van der Waals surface area contributed by atoms with Crippen LogP contribution in [0.5, 0.6) is 5.75 Å². The van der Waals surface area contributed by atoms with Crippen LogP contribution in [0.25, 0.3) is 0 Å². The topological polar surface area (TPSA) is 110 Å². The minimum absolute atomic E-state index is 0.157. The third kappa shape index (κ3) is 2.81. The van der Waals surface area contributed by atoms with Crippen molar-refractivity contribution in [2.75, 3.05) is 25.1 Å². The van der Waals surface area contributed by atoms with Crippen molar-refractivity contribution >= 4 is 23.4 Å². The number of nitro benzene ring substituents is 1. The molecule has 2 aliphatic rings. The van der Waals surface area contributed by atoms with E-state index in [2.05, 4.69) is 0 Å². The number of benzene rings is 1. The molecule has 0 aliphatic carbocycles. The summed E-state index contributed by atoms with van der Waals surface area (Å²) in [6.07, 6.45) is 0.657. The van der Waals surface area contributed by atoms with Gasteiger partial charge in [-0.3, -0.25) is 14.9 Å². The first-order valence-electron chi connectivity index (χ1n) is 9.32. The Labute approximate surface area is 163 Å². The smallest absolute Gasteiger partial charge is 0.490 e. The lowest BCUT2D eigenvalue weighted by molar-refractivity contribution is -0.906. The van der Waals surface area contributed by atoms with Crippen LogP contribution in [0.15, 0.2) is 12.1 Å². The molecule has 1 aromatic rings. The predicted octanol–water partition coefficient (Wildman–Crippen LogP) is 2.95. The maximum absolute atomic E-state index is 13.5. The molecule has 0 spiro atoms. The van der Waals surface area contributed by atoms with Crippen molar-refractivity contribution in [2.45, 2.75) is 51.6 Å². The number of carbonyl (C=O) groups is 2. The van der Waals surface area contributed by atoms with Crippen molar-refractivity contribution in [3.63, 3.8) is 0 Å². The average molecular weight is 392 g/mol. The number of hydrogen-bond acceptors (Lipinski definition) is 5. The summed E-state index contributed by atoms with van der Waals surface area (Å²) in [5.41, 5.74) is 0.402. The minimum Gasteiger partial charge on any atom is -0.490 e. The zero-order chi connectivity index (χ0) is 20.9. The predicted molar refractivity (Wildman–Crippen MR) is 102 cm³/mol. The quantitative estimate of drug-likeness (QED) is 0.481. The van der Waals surface area contributed by atoms with E-state index in [0.717, 1.165) is 5.56 Å². The first-order chi connectivity index (χ1) is 13.0. The number of carbonyl (C=O) groups excluding carboxylic acids is 1. The van der Waals surface area contributed by atoms with Gasteiger partial charge in [-0.05, 0) is 38.8 Å². The number of nitro groups is 1. The van der Waals surface area contributed by atoms with Gasteiger partial charge in [0.15, 0.2) is 11.8 Å². The molecule has 1 unspecified atom stereocenters. The van der Waals surface area contributed by atoms with Crippen LogP contribution in [0.4, 0.5) is 16.2 Å². The highest BCUT2D eigenvalue weighted by molar-refractivity contribution is 5.99. The van der Waals surface area contributed by atoms with Crippen LogP contribution in [-0.4, -0.2) is 58.3 Å². The number of carboxylic acid groups (broad SMARTS) is 1. The number of likely N-dealkylation sites (tertiary alicyclic amines) is 1.